The fourth-order valence-electron chi connectivity index (χ4n) is 5.94. The van der Waals surface area contributed by atoms with Crippen molar-refractivity contribution in [2.45, 2.75) is 31.7 Å². The van der Waals surface area contributed by atoms with E-state index < -0.39 is 5.82 Å². The molecule has 5 heterocycles. The van der Waals surface area contributed by atoms with E-state index in [1.165, 1.54) is 24.8 Å². The number of pyridine rings is 2. The Bertz CT molecular complexity index is 1800. The van der Waals surface area contributed by atoms with E-state index in [1.807, 2.05) is 24.0 Å². The molecule has 0 spiro atoms. The van der Waals surface area contributed by atoms with E-state index in [0.717, 1.165) is 24.1 Å². The molecular weight excluding hydrogens is 511 g/mol. The monoisotopic (exact) mass is 536 g/mol. The maximum Gasteiger partial charge on any atom is 0.246 e. The molecule has 1 saturated heterocycles. The number of nitrogens with one attached hydrogen (secondary N) is 1. The predicted molar refractivity (Wildman–Crippen MR) is 146 cm³/mol. The molecule has 200 valence electrons. The minimum Gasteiger partial charge on any atom is -0.457 e. The number of hydrogen-bond donors (Lipinski definition) is 1. The summed E-state index contributed by atoms with van der Waals surface area (Å²) in [6.07, 6.45) is 7.83. The van der Waals surface area contributed by atoms with Crippen molar-refractivity contribution in [3.05, 3.63) is 85.0 Å². The summed E-state index contributed by atoms with van der Waals surface area (Å²) in [6.45, 7) is 6.18. The molecule has 1 saturated carbocycles. The van der Waals surface area contributed by atoms with Crippen molar-refractivity contribution >= 4 is 34.1 Å². The molecule has 1 aliphatic heterocycles. The Morgan fingerprint density at radius 2 is 2.05 bits per heavy atom. The standard InChI is InChI=1S/C29H25FN8O2/c1-3-27(39)37-13-17-9-18(37)10-20(17)22-4-5-23-28(35-22)29(33-14-31-23)36-24-8-16(2)25(12-21(24)30)40-19-6-7-38-26(11-19)32-15-34-38/h3-8,11-12,14-15,17-18,20H,1,9-10,13H2,2H3,(H,31,33,36)/t17-,18-,20-/m1/s1. The first-order chi connectivity index (χ1) is 19.5. The second kappa shape index (κ2) is 9.37. The van der Waals surface area contributed by atoms with Crippen LogP contribution in [0.25, 0.3) is 16.7 Å². The Labute approximate surface area is 228 Å². The highest BCUT2D eigenvalue weighted by Crippen LogP contribution is 2.47. The summed E-state index contributed by atoms with van der Waals surface area (Å²) in [6, 6.07) is 10.6. The van der Waals surface area contributed by atoms with Gasteiger partial charge in [-0.1, -0.05) is 6.58 Å². The molecule has 4 aromatic heterocycles. The van der Waals surface area contributed by atoms with E-state index in [0.29, 0.717) is 46.5 Å². The summed E-state index contributed by atoms with van der Waals surface area (Å²) < 4.78 is 22.9. The number of aromatic nitrogens is 6. The minimum absolute atomic E-state index is 0.0116. The van der Waals surface area contributed by atoms with Gasteiger partial charge in [0.25, 0.3) is 0 Å². The number of piperidine rings is 1. The van der Waals surface area contributed by atoms with Crippen LogP contribution in [0.2, 0.25) is 0 Å². The van der Waals surface area contributed by atoms with E-state index in [9.17, 15) is 4.79 Å². The Hall–Kier alpha value is -4.93. The van der Waals surface area contributed by atoms with Crippen LogP contribution >= 0.6 is 0 Å². The molecule has 7 rings (SSSR count). The topological polar surface area (TPSA) is 110 Å². The van der Waals surface area contributed by atoms with Gasteiger partial charge in [-0.15, -0.1) is 0 Å². The molecule has 2 bridgehead atoms. The molecule has 0 unspecified atom stereocenters. The molecular formula is C29H25FN8O2. The molecule has 40 heavy (non-hydrogen) atoms. The van der Waals surface area contributed by atoms with Crippen molar-refractivity contribution in [1.29, 1.82) is 0 Å². The zero-order valence-corrected chi connectivity index (χ0v) is 21.7. The van der Waals surface area contributed by atoms with Gasteiger partial charge >= 0.3 is 0 Å². The van der Waals surface area contributed by atoms with Crippen molar-refractivity contribution < 1.29 is 13.9 Å². The fraction of sp³-hybridized carbons (Fsp3) is 0.241. The van der Waals surface area contributed by atoms with Crippen molar-refractivity contribution in [3.63, 3.8) is 0 Å². The Morgan fingerprint density at radius 3 is 2.88 bits per heavy atom. The first kappa shape index (κ1) is 24.1. The number of amides is 1. The summed E-state index contributed by atoms with van der Waals surface area (Å²) in [5, 5.41) is 7.19. The largest absolute Gasteiger partial charge is 0.457 e. The van der Waals surface area contributed by atoms with Crippen LogP contribution in [0.4, 0.5) is 15.9 Å². The van der Waals surface area contributed by atoms with Crippen molar-refractivity contribution in [3.8, 4) is 11.5 Å². The van der Waals surface area contributed by atoms with Gasteiger partial charge < -0.3 is 15.0 Å². The van der Waals surface area contributed by atoms with Gasteiger partial charge in [-0.3, -0.25) is 4.79 Å². The van der Waals surface area contributed by atoms with Gasteiger partial charge in [0.15, 0.2) is 11.5 Å². The molecule has 11 heteroatoms. The Morgan fingerprint density at radius 1 is 1.15 bits per heavy atom. The second-order valence-corrected chi connectivity index (χ2v) is 10.3. The molecule has 1 aromatic carbocycles. The highest BCUT2D eigenvalue weighted by molar-refractivity contribution is 5.88. The van der Waals surface area contributed by atoms with Gasteiger partial charge in [-0.2, -0.15) is 5.10 Å². The van der Waals surface area contributed by atoms with Crippen molar-refractivity contribution in [2.24, 2.45) is 5.92 Å². The van der Waals surface area contributed by atoms with Gasteiger partial charge in [-0.05, 0) is 61.6 Å². The SMILES string of the molecule is C=CC(=O)N1C[C@H]2C[C@@H]1C[C@H]2c1ccc2ncnc(Nc3cc(C)c(Oc4ccn5ncnc5c4)cc3F)c2n1. The lowest BCUT2D eigenvalue weighted by Crippen LogP contribution is -2.38. The third-order valence-electron chi connectivity index (χ3n) is 7.88. The maximum absolute atomic E-state index is 15.3. The average Bonchev–Trinajstić information content (AvgIpc) is 3.71. The summed E-state index contributed by atoms with van der Waals surface area (Å²) >= 11 is 0. The summed E-state index contributed by atoms with van der Waals surface area (Å²) in [7, 11) is 0. The van der Waals surface area contributed by atoms with E-state index in [1.54, 1.807) is 28.9 Å². The molecule has 2 fully saturated rings. The van der Waals surface area contributed by atoms with E-state index in [4.69, 9.17) is 9.72 Å². The lowest BCUT2D eigenvalue weighted by molar-refractivity contribution is -0.127. The number of fused-ring (bicyclic) bond motifs is 4. The first-order valence-electron chi connectivity index (χ1n) is 13.1. The number of hydrogen-bond acceptors (Lipinski definition) is 8. The Kier molecular flexibility index (Phi) is 5.65. The number of aryl methyl sites for hydroxylation is 1. The van der Waals surface area contributed by atoms with Crippen LogP contribution in [0.15, 0.2) is 67.9 Å². The van der Waals surface area contributed by atoms with Crippen LogP contribution < -0.4 is 10.1 Å². The molecule has 5 aromatic rings. The fourth-order valence-corrected chi connectivity index (χ4v) is 5.94. The molecule has 1 N–H and O–H groups in total. The number of carbonyl (C=O) groups is 1. The number of ether oxygens (including phenoxy) is 1. The van der Waals surface area contributed by atoms with E-state index in [2.05, 4.69) is 31.9 Å². The molecule has 3 atom stereocenters. The number of nitrogens with zero attached hydrogens (tertiary/aromatic N) is 7. The summed E-state index contributed by atoms with van der Waals surface area (Å²) in [5.74, 6) is 1.42. The summed E-state index contributed by atoms with van der Waals surface area (Å²) in [5.41, 5.74) is 3.79. The van der Waals surface area contributed by atoms with Crippen LogP contribution in [-0.4, -0.2) is 52.9 Å². The lowest BCUT2D eigenvalue weighted by Gasteiger charge is -2.30. The van der Waals surface area contributed by atoms with Crippen LogP contribution in [-0.2, 0) is 4.79 Å². The number of rotatable bonds is 6. The van der Waals surface area contributed by atoms with Gasteiger partial charge in [0.1, 0.15) is 35.5 Å². The zero-order valence-electron chi connectivity index (χ0n) is 21.7. The third kappa shape index (κ3) is 4.10. The van der Waals surface area contributed by atoms with Crippen LogP contribution in [0.5, 0.6) is 11.5 Å². The summed E-state index contributed by atoms with van der Waals surface area (Å²) in [4.78, 5) is 31.9. The number of halogens is 1. The molecule has 1 amide bonds. The van der Waals surface area contributed by atoms with Crippen LogP contribution in [0.1, 0.15) is 30.0 Å². The highest BCUT2D eigenvalue weighted by Gasteiger charge is 2.46. The minimum atomic E-state index is -0.493. The third-order valence-corrected chi connectivity index (χ3v) is 7.88. The lowest BCUT2D eigenvalue weighted by atomic mass is 9.90. The normalized spacial score (nSPS) is 19.9. The van der Waals surface area contributed by atoms with E-state index >= 15 is 4.39 Å². The van der Waals surface area contributed by atoms with Gasteiger partial charge in [0, 0.05) is 42.5 Å². The van der Waals surface area contributed by atoms with Crippen LogP contribution in [0, 0.1) is 18.7 Å². The average molecular weight is 537 g/mol. The number of likely N-dealkylation sites (tertiary alicyclic amines) is 1. The van der Waals surface area contributed by atoms with Crippen molar-refractivity contribution in [2.75, 3.05) is 11.9 Å². The van der Waals surface area contributed by atoms with Crippen molar-refractivity contribution in [1.82, 2.24) is 34.4 Å². The maximum atomic E-state index is 15.3. The number of carbonyl (C=O) groups excluding carboxylic acids is 1. The molecule has 10 nitrogen and oxygen atoms in total. The van der Waals surface area contributed by atoms with E-state index in [-0.39, 0.29) is 23.6 Å². The quantitative estimate of drug-likeness (QED) is 0.304. The molecule has 0 radical (unpaired) electrons. The van der Waals surface area contributed by atoms with Gasteiger partial charge in [0.2, 0.25) is 5.91 Å². The first-order valence-corrected chi connectivity index (χ1v) is 13.1. The second-order valence-electron chi connectivity index (χ2n) is 10.3. The molecule has 2 aliphatic rings. The number of benzene rings is 1. The van der Waals surface area contributed by atoms with Gasteiger partial charge in [0.05, 0.1) is 11.2 Å². The highest BCUT2D eigenvalue weighted by atomic mass is 19.1. The smallest absolute Gasteiger partial charge is 0.246 e. The molecule has 1 aliphatic carbocycles. The Balaban J connectivity index is 1.15. The van der Waals surface area contributed by atoms with Gasteiger partial charge in [-0.25, -0.2) is 28.8 Å². The van der Waals surface area contributed by atoms with Crippen LogP contribution in [0.3, 0.4) is 0 Å². The number of anilines is 2. The predicted octanol–water partition coefficient (Wildman–Crippen LogP) is 4.94. The zero-order chi connectivity index (χ0) is 27.4.